The number of carboxylic acids is 1. The number of nitrogens with zero attached hydrogens (tertiary/aromatic N) is 1. The van der Waals surface area contributed by atoms with E-state index in [-0.39, 0.29) is 12.8 Å². The van der Waals surface area contributed by atoms with Crippen LogP contribution in [-0.4, -0.2) is 23.2 Å². The van der Waals surface area contributed by atoms with E-state index in [9.17, 15) is 31.5 Å². The van der Waals surface area contributed by atoms with Crippen LogP contribution in [0.25, 0.3) is 0 Å². The number of hydrogen-bond donors (Lipinski definition) is 2. The summed E-state index contributed by atoms with van der Waals surface area (Å²) in [6.45, 7) is 0. The van der Waals surface area contributed by atoms with Crippen LogP contribution in [0.2, 0.25) is 0 Å². The first-order chi connectivity index (χ1) is 11.3. The van der Waals surface area contributed by atoms with Gasteiger partial charge in [0.05, 0.1) is 11.8 Å². The first-order valence-corrected chi connectivity index (χ1v) is 6.80. The van der Waals surface area contributed by atoms with Crippen molar-refractivity contribution in [3.63, 3.8) is 0 Å². The molecule has 0 aromatic heterocycles. The molecule has 0 saturated heterocycles. The Morgan fingerprint density at radius 3 is 1.92 bits per heavy atom. The zero-order valence-electron chi connectivity index (χ0n) is 12.2. The van der Waals surface area contributed by atoms with Gasteiger partial charge in [-0.05, 0) is 12.8 Å². The summed E-state index contributed by atoms with van der Waals surface area (Å²) in [6.07, 6.45) is 1.47. The van der Waals surface area contributed by atoms with E-state index in [2.05, 4.69) is 5.10 Å². The van der Waals surface area contributed by atoms with Crippen LogP contribution in [0, 0.1) is 29.1 Å². The molecular weight excluding hydrogens is 339 g/mol. The standard InChI is InChI=1S/C14H13F5N2O3/c15-10-7(11(16)13(18)14(19)12(10)17)6-20-21-8(22)4-2-1-3-5-9(23)24/h6H,1-5H2,(H,21,22)(H,23,24)/b20-6+. The lowest BCUT2D eigenvalue weighted by Crippen LogP contribution is -2.17. The van der Waals surface area contributed by atoms with Crippen LogP contribution in [-0.2, 0) is 9.59 Å². The van der Waals surface area contributed by atoms with Gasteiger partial charge in [0.25, 0.3) is 0 Å². The summed E-state index contributed by atoms with van der Waals surface area (Å²) < 4.78 is 65.3. The molecule has 1 rings (SSSR count). The third kappa shape index (κ3) is 5.28. The van der Waals surface area contributed by atoms with Gasteiger partial charge in [0, 0.05) is 12.8 Å². The number of hydrazone groups is 1. The van der Waals surface area contributed by atoms with Crippen molar-refractivity contribution in [2.75, 3.05) is 0 Å². The second-order valence-corrected chi connectivity index (χ2v) is 4.73. The van der Waals surface area contributed by atoms with Gasteiger partial charge in [-0.1, -0.05) is 6.42 Å². The van der Waals surface area contributed by atoms with Crippen molar-refractivity contribution < 1.29 is 36.6 Å². The number of rotatable bonds is 8. The number of carbonyl (C=O) groups excluding carboxylic acids is 1. The van der Waals surface area contributed by atoms with Crippen LogP contribution in [0.3, 0.4) is 0 Å². The third-order valence-electron chi connectivity index (χ3n) is 2.92. The van der Waals surface area contributed by atoms with Crippen molar-refractivity contribution in [2.24, 2.45) is 5.10 Å². The summed E-state index contributed by atoms with van der Waals surface area (Å²) in [7, 11) is 0. The molecule has 5 nitrogen and oxygen atoms in total. The van der Waals surface area contributed by atoms with Crippen LogP contribution in [0.5, 0.6) is 0 Å². The van der Waals surface area contributed by atoms with Crippen LogP contribution >= 0.6 is 0 Å². The van der Waals surface area contributed by atoms with E-state index in [1.165, 1.54) is 0 Å². The molecule has 0 atom stereocenters. The number of nitrogens with one attached hydrogen (secondary N) is 1. The van der Waals surface area contributed by atoms with E-state index < -0.39 is 46.5 Å². The van der Waals surface area contributed by atoms with Crippen molar-refractivity contribution in [3.8, 4) is 0 Å². The van der Waals surface area contributed by atoms with Gasteiger partial charge in [-0.25, -0.2) is 27.4 Å². The molecule has 0 aliphatic heterocycles. The van der Waals surface area contributed by atoms with Crippen molar-refractivity contribution in [1.82, 2.24) is 5.43 Å². The number of halogens is 5. The Morgan fingerprint density at radius 2 is 1.38 bits per heavy atom. The van der Waals surface area contributed by atoms with Gasteiger partial charge in [0.15, 0.2) is 23.3 Å². The van der Waals surface area contributed by atoms with E-state index in [4.69, 9.17) is 5.11 Å². The molecule has 0 heterocycles. The predicted molar refractivity (Wildman–Crippen MR) is 72.7 cm³/mol. The number of hydrogen-bond acceptors (Lipinski definition) is 3. The molecule has 0 aliphatic rings. The quantitative estimate of drug-likeness (QED) is 0.189. The number of unbranched alkanes of at least 4 members (excludes halogenated alkanes) is 2. The maximum absolute atomic E-state index is 13.3. The minimum Gasteiger partial charge on any atom is -0.481 e. The molecule has 0 radical (unpaired) electrons. The van der Waals surface area contributed by atoms with Gasteiger partial charge in [-0.2, -0.15) is 5.10 Å². The topological polar surface area (TPSA) is 78.8 Å². The second kappa shape index (κ2) is 8.94. The summed E-state index contributed by atoms with van der Waals surface area (Å²) in [6, 6.07) is 0. The minimum absolute atomic E-state index is 0.0278. The first kappa shape index (κ1) is 19.5. The highest BCUT2D eigenvalue weighted by atomic mass is 19.2. The Kier molecular flexibility index (Phi) is 7.28. The summed E-state index contributed by atoms with van der Waals surface area (Å²) in [5.41, 5.74) is 0.611. The summed E-state index contributed by atoms with van der Waals surface area (Å²) >= 11 is 0. The molecule has 0 spiro atoms. The van der Waals surface area contributed by atoms with Gasteiger partial charge in [0.2, 0.25) is 11.7 Å². The molecule has 0 unspecified atom stereocenters. The van der Waals surface area contributed by atoms with Crippen molar-refractivity contribution >= 4 is 18.1 Å². The molecule has 10 heteroatoms. The first-order valence-electron chi connectivity index (χ1n) is 6.80. The highest BCUT2D eigenvalue weighted by Crippen LogP contribution is 2.21. The zero-order valence-corrected chi connectivity index (χ0v) is 12.2. The maximum atomic E-state index is 13.3. The molecule has 1 aromatic carbocycles. The Bertz CT molecular complexity index is 635. The fourth-order valence-electron chi connectivity index (χ4n) is 1.70. The van der Waals surface area contributed by atoms with E-state index in [1.54, 1.807) is 0 Å². The lowest BCUT2D eigenvalue weighted by Gasteiger charge is -2.04. The molecule has 0 fully saturated rings. The molecule has 1 aromatic rings. The molecule has 24 heavy (non-hydrogen) atoms. The van der Waals surface area contributed by atoms with Crippen molar-refractivity contribution in [3.05, 3.63) is 34.6 Å². The smallest absolute Gasteiger partial charge is 0.303 e. The van der Waals surface area contributed by atoms with Crippen LogP contribution < -0.4 is 5.43 Å². The average Bonchev–Trinajstić information content (AvgIpc) is 2.53. The lowest BCUT2D eigenvalue weighted by molar-refractivity contribution is -0.137. The lowest BCUT2D eigenvalue weighted by atomic mass is 10.1. The van der Waals surface area contributed by atoms with Crippen molar-refractivity contribution in [2.45, 2.75) is 32.1 Å². The fourth-order valence-corrected chi connectivity index (χ4v) is 1.70. The Hall–Kier alpha value is -2.52. The molecule has 1 amide bonds. The highest BCUT2D eigenvalue weighted by molar-refractivity contribution is 5.83. The average molecular weight is 352 g/mol. The number of carboxylic acid groups (broad SMARTS) is 1. The highest BCUT2D eigenvalue weighted by Gasteiger charge is 2.24. The Balaban J connectivity index is 2.56. The van der Waals surface area contributed by atoms with E-state index >= 15 is 0 Å². The normalized spacial score (nSPS) is 11.0. The minimum atomic E-state index is -2.28. The number of benzene rings is 1. The number of carbonyl (C=O) groups is 2. The molecule has 0 aliphatic carbocycles. The van der Waals surface area contributed by atoms with Crippen molar-refractivity contribution in [1.29, 1.82) is 0 Å². The summed E-state index contributed by atoms with van der Waals surface area (Å²) in [5, 5.41) is 11.6. The third-order valence-corrected chi connectivity index (χ3v) is 2.92. The van der Waals surface area contributed by atoms with Gasteiger partial charge in [0.1, 0.15) is 0 Å². The van der Waals surface area contributed by atoms with Crippen LogP contribution in [0.1, 0.15) is 37.7 Å². The van der Waals surface area contributed by atoms with Gasteiger partial charge in [-0.3, -0.25) is 9.59 Å². The zero-order chi connectivity index (χ0) is 18.3. The largest absolute Gasteiger partial charge is 0.481 e. The molecule has 0 bridgehead atoms. The van der Waals surface area contributed by atoms with E-state index in [1.807, 2.05) is 5.43 Å². The van der Waals surface area contributed by atoms with E-state index in [0.717, 1.165) is 0 Å². The Morgan fingerprint density at radius 1 is 0.875 bits per heavy atom. The van der Waals surface area contributed by atoms with Gasteiger partial charge in [-0.15, -0.1) is 0 Å². The molecule has 0 saturated carbocycles. The Labute approximate surface area is 133 Å². The molecular formula is C14H13F5N2O3. The summed E-state index contributed by atoms with van der Waals surface area (Å²) in [5.74, 6) is -12.2. The van der Waals surface area contributed by atoms with Gasteiger partial charge >= 0.3 is 5.97 Å². The molecule has 132 valence electrons. The van der Waals surface area contributed by atoms with Gasteiger partial charge < -0.3 is 5.11 Å². The van der Waals surface area contributed by atoms with Crippen LogP contribution in [0.15, 0.2) is 5.10 Å². The maximum Gasteiger partial charge on any atom is 0.303 e. The molecule has 2 N–H and O–H groups in total. The number of amides is 1. The summed E-state index contributed by atoms with van der Waals surface area (Å²) in [4.78, 5) is 21.6. The monoisotopic (exact) mass is 352 g/mol. The predicted octanol–water partition coefficient (Wildman–Crippen LogP) is 2.87. The second-order valence-electron chi connectivity index (χ2n) is 4.73. The fraction of sp³-hybridized carbons (Fsp3) is 0.357. The number of aliphatic carboxylic acids is 1. The SMILES string of the molecule is O=C(O)CCCCCC(=O)N/N=C/c1c(F)c(F)c(F)c(F)c1F. The van der Waals surface area contributed by atoms with Crippen LogP contribution in [0.4, 0.5) is 22.0 Å². The van der Waals surface area contributed by atoms with E-state index in [0.29, 0.717) is 25.5 Å².